The van der Waals surface area contributed by atoms with E-state index in [1.807, 2.05) is 73.7 Å². The molecule has 0 atom stereocenters. The maximum Gasteiger partial charge on any atom is 0.319 e. The zero-order valence-electron chi connectivity index (χ0n) is 13.6. The van der Waals surface area contributed by atoms with Gasteiger partial charge in [0.15, 0.2) is 0 Å². The SMILES string of the molecule is CCOc1ccc(CNC(=O)Nc2ccc3ccccc3c2)cc1. The molecular formula is C20H20N2O2. The highest BCUT2D eigenvalue weighted by atomic mass is 16.5. The number of urea groups is 1. The van der Waals surface area contributed by atoms with Gasteiger partial charge in [-0.1, -0.05) is 42.5 Å². The summed E-state index contributed by atoms with van der Waals surface area (Å²) in [5.74, 6) is 0.835. The molecule has 0 saturated carbocycles. The Kier molecular flexibility index (Phi) is 4.96. The first-order chi connectivity index (χ1) is 11.7. The number of hydrogen-bond acceptors (Lipinski definition) is 2. The van der Waals surface area contributed by atoms with E-state index in [1.165, 1.54) is 0 Å². The van der Waals surface area contributed by atoms with Crippen LogP contribution < -0.4 is 15.4 Å². The fourth-order valence-corrected chi connectivity index (χ4v) is 2.49. The molecule has 2 amide bonds. The fraction of sp³-hybridized carbons (Fsp3) is 0.150. The minimum Gasteiger partial charge on any atom is -0.494 e. The highest BCUT2D eigenvalue weighted by molar-refractivity contribution is 5.93. The van der Waals surface area contributed by atoms with Crippen LogP contribution in [-0.2, 0) is 6.54 Å². The number of rotatable bonds is 5. The molecule has 3 rings (SSSR count). The quantitative estimate of drug-likeness (QED) is 0.724. The molecule has 2 N–H and O–H groups in total. The number of carbonyl (C=O) groups excluding carboxylic acids is 1. The molecule has 0 fully saturated rings. The summed E-state index contributed by atoms with van der Waals surface area (Å²) in [7, 11) is 0. The summed E-state index contributed by atoms with van der Waals surface area (Å²) in [6.45, 7) is 3.06. The zero-order valence-corrected chi connectivity index (χ0v) is 13.6. The van der Waals surface area contributed by atoms with Gasteiger partial charge in [0.2, 0.25) is 0 Å². The van der Waals surface area contributed by atoms with E-state index in [1.54, 1.807) is 0 Å². The molecule has 122 valence electrons. The van der Waals surface area contributed by atoms with Crippen LogP contribution in [0.15, 0.2) is 66.7 Å². The standard InChI is InChI=1S/C20H20N2O2/c1-2-24-19-11-7-15(8-12-19)14-21-20(23)22-18-10-9-16-5-3-4-6-17(16)13-18/h3-13H,2,14H2,1H3,(H2,21,22,23). The molecule has 0 aliphatic rings. The zero-order chi connectivity index (χ0) is 16.8. The smallest absolute Gasteiger partial charge is 0.319 e. The average Bonchev–Trinajstić information content (AvgIpc) is 2.61. The Morgan fingerprint density at radius 2 is 1.71 bits per heavy atom. The Balaban J connectivity index is 1.56. The maximum absolute atomic E-state index is 12.0. The van der Waals surface area contributed by atoms with Crippen LogP contribution in [0.2, 0.25) is 0 Å². The summed E-state index contributed by atoms with van der Waals surface area (Å²) in [5, 5.41) is 7.97. The van der Waals surface area contributed by atoms with Crippen molar-refractivity contribution in [3.8, 4) is 5.75 Å². The van der Waals surface area contributed by atoms with E-state index in [0.29, 0.717) is 13.2 Å². The normalized spacial score (nSPS) is 10.4. The third kappa shape index (κ3) is 4.04. The van der Waals surface area contributed by atoms with Gasteiger partial charge in [0.25, 0.3) is 0 Å². The van der Waals surface area contributed by atoms with Gasteiger partial charge in [0, 0.05) is 12.2 Å². The Morgan fingerprint density at radius 3 is 2.46 bits per heavy atom. The Bertz CT molecular complexity index is 828. The Hall–Kier alpha value is -3.01. The lowest BCUT2D eigenvalue weighted by Gasteiger charge is -2.09. The van der Waals surface area contributed by atoms with Crippen LogP contribution in [0.25, 0.3) is 10.8 Å². The summed E-state index contributed by atoms with van der Waals surface area (Å²) < 4.78 is 5.40. The van der Waals surface area contributed by atoms with Gasteiger partial charge in [-0.15, -0.1) is 0 Å². The average molecular weight is 320 g/mol. The summed E-state index contributed by atoms with van der Waals surface area (Å²) in [4.78, 5) is 12.0. The first-order valence-corrected chi connectivity index (χ1v) is 8.00. The molecule has 0 heterocycles. The highest BCUT2D eigenvalue weighted by Crippen LogP contribution is 2.18. The van der Waals surface area contributed by atoms with Gasteiger partial charge in [-0.2, -0.15) is 0 Å². The molecule has 3 aromatic rings. The second-order valence-corrected chi connectivity index (χ2v) is 5.45. The predicted octanol–water partition coefficient (Wildman–Crippen LogP) is 4.56. The van der Waals surface area contributed by atoms with Crippen LogP contribution in [-0.4, -0.2) is 12.6 Å². The van der Waals surface area contributed by atoms with Crippen molar-refractivity contribution in [2.75, 3.05) is 11.9 Å². The number of benzene rings is 3. The molecule has 0 unspecified atom stereocenters. The summed E-state index contributed by atoms with van der Waals surface area (Å²) >= 11 is 0. The van der Waals surface area contributed by atoms with Gasteiger partial charge in [-0.25, -0.2) is 4.79 Å². The highest BCUT2D eigenvalue weighted by Gasteiger charge is 2.03. The summed E-state index contributed by atoms with van der Waals surface area (Å²) in [5.41, 5.74) is 1.80. The summed E-state index contributed by atoms with van der Waals surface area (Å²) in [6, 6.07) is 21.4. The first-order valence-electron chi connectivity index (χ1n) is 8.00. The molecular weight excluding hydrogens is 300 g/mol. The molecule has 4 heteroatoms. The van der Waals surface area contributed by atoms with Crippen LogP contribution >= 0.6 is 0 Å². The van der Waals surface area contributed by atoms with Crippen molar-refractivity contribution in [3.05, 3.63) is 72.3 Å². The minimum absolute atomic E-state index is 0.223. The largest absolute Gasteiger partial charge is 0.494 e. The molecule has 24 heavy (non-hydrogen) atoms. The second-order valence-electron chi connectivity index (χ2n) is 5.45. The van der Waals surface area contributed by atoms with Gasteiger partial charge >= 0.3 is 6.03 Å². The van der Waals surface area contributed by atoms with E-state index in [9.17, 15) is 4.79 Å². The van der Waals surface area contributed by atoms with Gasteiger partial charge in [0.1, 0.15) is 5.75 Å². The molecule has 0 aromatic heterocycles. The van der Waals surface area contributed by atoms with Crippen LogP contribution in [0, 0.1) is 0 Å². The number of nitrogens with one attached hydrogen (secondary N) is 2. The van der Waals surface area contributed by atoms with Crippen molar-refractivity contribution in [1.29, 1.82) is 0 Å². The van der Waals surface area contributed by atoms with Crippen molar-refractivity contribution in [2.45, 2.75) is 13.5 Å². The lowest BCUT2D eigenvalue weighted by atomic mass is 10.1. The minimum atomic E-state index is -0.223. The molecule has 0 bridgehead atoms. The van der Waals surface area contributed by atoms with Crippen molar-refractivity contribution in [3.63, 3.8) is 0 Å². The van der Waals surface area contributed by atoms with Gasteiger partial charge in [-0.05, 0) is 47.5 Å². The van der Waals surface area contributed by atoms with Crippen molar-refractivity contribution in [1.82, 2.24) is 5.32 Å². The van der Waals surface area contributed by atoms with Gasteiger partial charge < -0.3 is 15.4 Å². The van der Waals surface area contributed by atoms with Crippen LogP contribution in [0.1, 0.15) is 12.5 Å². The number of hydrogen-bond donors (Lipinski definition) is 2. The number of ether oxygens (including phenoxy) is 1. The number of carbonyl (C=O) groups is 1. The van der Waals surface area contributed by atoms with E-state index in [2.05, 4.69) is 10.6 Å². The Labute approximate surface area is 141 Å². The maximum atomic E-state index is 12.0. The van der Waals surface area contributed by atoms with E-state index >= 15 is 0 Å². The van der Waals surface area contributed by atoms with E-state index in [4.69, 9.17) is 4.74 Å². The lowest BCUT2D eigenvalue weighted by molar-refractivity contribution is 0.251. The number of amides is 2. The van der Waals surface area contributed by atoms with Crippen molar-refractivity contribution < 1.29 is 9.53 Å². The third-order valence-electron chi connectivity index (χ3n) is 3.69. The molecule has 3 aromatic carbocycles. The fourth-order valence-electron chi connectivity index (χ4n) is 2.49. The van der Waals surface area contributed by atoms with E-state index in [0.717, 1.165) is 27.8 Å². The molecule has 0 spiro atoms. The second kappa shape index (κ2) is 7.51. The van der Waals surface area contributed by atoms with E-state index < -0.39 is 0 Å². The van der Waals surface area contributed by atoms with Crippen molar-refractivity contribution in [2.24, 2.45) is 0 Å². The molecule has 4 nitrogen and oxygen atoms in total. The van der Waals surface area contributed by atoms with Gasteiger partial charge in [0.05, 0.1) is 6.61 Å². The third-order valence-corrected chi connectivity index (χ3v) is 3.69. The predicted molar refractivity (Wildman–Crippen MR) is 97.4 cm³/mol. The first kappa shape index (κ1) is 15.9. The topological polar surface area (TPSA) is 50.4 Å². The number of anilines is 1. The Morgan fingerprint density at radius 1 is 0.958 bits per heavy atom. The monoisotopic (exact) mass is 320 g/mol. The van der Waals surface area contributed by atoms with Crippen LogP contribution in [0.4, 0.5) is 10.5 Å². The van der Waals surface area contributed by atoms with Crippen LogP contribution in [0.3, 0.4) is 0 Å². The molecule has 0 aliphatic carbocycles. The van der Waals surface area contributed by atoms with Crippen LogP contribution in [0.5, 0.6) is 5.75 Å². The van der Waals surface area contributed by atoms with Gasteiger partial charge in [-0.3, -0.25) is 0 Å². The van der Waals surface area contributed by atoms with E-state index in [-0.39, 0.29) is 6.03 Å². The summed E-state index contributed by atoms with van der Waals surface area (Å²) in [6.07, 6.45) is 0. The lowest BCUT2D eigenvalue weighted by Crippen LogP contribution is -2.28. The number of fused-ring (bicyclic) bond motifs is 1. The molecule has 0 saturated heterocycles. The molecule has 0 radical (unpaired) electrons. The van der Waals surface area contributed by atoms with Crippen molar-refractivity contribution >= 4 is 22.5 Å². The molecule has 0 aliphatic heterocycles.